The zero-order valence-corrected chi connectivity index (χ0v) is 13.6. The first kappa shape index (κ1) is 16.4. The van der Waals surface area contributed by atoms with E-state index in [9.17, 15) is 4.79 Å². The van der Waals surface area contributed by atoms with Crippen molar-refractivity contribution in [1.29, 1.82) is 0 Å². The summed E-state index contributed by atoms with van der Waals surface area (Å²) in [6.07, 6.45) is 12.6. The molecule has 2 aromatic heterocycles. The van der Waals surface area contributed by atoms with Crippen molar-refractivity contribution >= 4 is 12.0 Å². The van der Waals surface area contributed by atoms with Gasteiger partial charge in [-0.1, -0.05) is 6.08 Å². The highest BCUT2D eigenvalue weighted by Crippen LogP contribution is 2.16. The molecule has 0 spiro atoms. The van der Waals surface area contributed by atoms with Crippen molar-refractivity contribution in [1.82, 2.24) is 20.2 Å². The molecule has 3 rings (SSSR count). The average Bonchev–Trinajstić information content (AvgIpc) is 3.14. The van der Waals surface area contributed by atoms with Crippen LogP contribution in [0.5, 0.6) is 0 Å². The zero-order valence-electron chi connectivity index (χ0n) is 13.6. The Hall–Kier alpha value is -2.47. The maximum absolute atomic E-state index is 12.0. The Kier molecular flexibility index (Phi) is 5.74. The monoisotopic (exact) mass is 326 g/mol. The second kappa shape index (κ2) is 8.40. The van der Waals surface area contributed by atoms with E-state index in [0.717, 1.165) is 38.2 Å². The van der Waals surface area contributed by atoms with Crippen LogP contribution in [0.15, 0.2) is 47.6 Å². The fourth-order valence-electron chi connectivity index (χ4n) is 2.94. The van der Waals surface area contributed by atoms with E-state index < -0.39 is 0 Å². The molecule has 0 aliphatic carbocycles. The number of aromatic nitrogens is 2. The molecule has 126 valence electrons. The van der Waals surface area contributed by atoms with Crippen molar-refractivity contribution in [3.05, 3.63) is 54.5 Å². The van der Waals surface area contributed by atoms with Gasteiger partial charge in [0, 0.05) is 32.0 Å². The molecule has 24 heavy (non-hydrogen) atoms. The molecule has 1 aliphatic heterocycles. The van der Waals surface area contributed by atoms with E-state index in [-0.39, 0.29) is 5.91 Å². The summed E-state index contributed by atoms with van der Waals surface area (Å²) in [5.41, 5.74) is 0.506. The second-order valence-electron chi connectivity index (χ2n) is 6.02. The molecule has 0 unspecified atom stereocenters. The lowest BCUT2D eigenvalue weighted by Crippen LogP contribution is -2.41. The summed E-state index contributed by atoms with van der Waals surface area (Å²) < 4.78 is 5.29. The Morgan fingerprint density at radius 2 is 2.29 bits per heavy atom. The molecule has 1 fully saturated rings. The van der Waals surface area contributed by atoms with Crippen LogP contribution in [0.4, 0.5) is 0 Å². The van der Waals surface area contributed by atoms with Crippen molar-refractivity contribution in [2.45, 2.75) is 12.8 Å². The molecule has 0 aromatic carbocycles. The molecule has 2 aromatic rings. The molecule has 0 saturated carbocycles. The number of nitrogens with zero attached hydrogens (tertiary/aromatic N) is 3. The highest BCUT2D eigenvalue weighted by molar-refractivity contribution is 5.93. The van der Waals surface area contributed by atoms with Crippen LogP contribution < -0.4 is 5.32 Å². The smallest absolute Gasteiger partial charge is 0.254 e. The van der Waals surface area contributed by atoms with Crippen LogP contribution >= 0.6 is 0 Å². The van der Waals surface area contributed by atoms with E-state index in [2.05, 4.69) is 26.3 Å². The number of carbonyl (C=O) groups is 1. The van der Waals surface area contributed by atoms with Crippen LogP contribution in [0.1, 0.15) is 29.0 Å². The minimum Gasteiger partial charge on any atom is -0.465 e. The van der Waals surface area contributed by atoms with Gasteiger partial charge in [-0.15, -0.1) is 0 Å². The van der Waals surface area contributed by atoms with Crippen LogP contribution in [-0.4, -0.2) is 47.0 Å². The van der Waals surface area contributed by atoms with E-state index in [1.54, 1.807) is 6.26 Å². The Bertz CT molecular complexity index is 655. The maximum Gasteiger partial charge on any atom is 0.254 e. The number of nitrogens with one attached hydrogen (secondary N) is 1. The SMILES string of the molecule is O=C(NC[C@H]1CCCN(C/C=C/c2ccco2)C1)c1cncnc1. The number of hydrogen-bond donors (Lipinski definition) is 1. The van der Waals surface area contributed by atoms with E-state index >= 15 is 0 Å². The summed E-state index contributed by atoms with van der Waals surface area (Å²) in [7, 11) is 0. The third kappa shape index (κ3) is 4.76. The molecule has 6 heteroatoms. The van der Waals surface area contributed by atoms with Crippen LogP contribution in [-0.2, 0) is 0 Å². The van der Waals surface area contributed by atoms with Gasteiger partial charge in [0.25, 0.3) is 5.91 Å². The molecule has 0 bridgehead atoms. The van der Waals surface area contributed by atoms with Gasteiger partial charge >= 0.3 is 0 Å². The van der Waals surface area contributed by atoms with E-state index in [0.29, 0.717) is 18.0 Å². The molecule has 1 atom stereocenters. The molecular formula is C18H22N4O2. The molecule has 3 heterocycles. The van der Waals surface area contributed by atoms with Crippen molar-refractivity contribution < 1.29 is 9.21 Å². The van der Waals surface area contributed by atoms with Gasteiger partial charge in [-0.3, -0.25) is 9.69 Å². The van der Waals surface area contributed by atoms with E-state index in [1.807, 2.05) is 18.2 Å². The number of furan rings is 1. The molecule has 1 N–H and O–H groups in total. The van der Waals surface area contributed by atoms with Crippen LogP contribution in [0, 0.1) is 5.92 Å². The lowest BCUT2D eigenvalue weighted by atomic mass is 9.98. The lowest BCUT2D eigenvalue weighted by molar-refractivity contribution is 0.0934. The Labute approximate surface area is 141 Å². The highest BCUT2D eigenvalue weighted by Gasteiger charge is 2.19. The molecule has 1 amide bonds. The van der Waals surface area contributed by atoms with Gasteiger partial charge in [-0.25, -0.2) is 9.97 Å². The third-order valence-electron chi connectivity index (χ3n) is 4.17. The second-order valence-corrected chi connectivity index (χ2v) is 6.02. The number of likely N-dealkylation sites (tertiary alicyclic amines) is 1. The first-order chi connectivity index (χ1) is 11.8. The van der Waals surface area contributed by atoms with Crippen LogP contribution in [0.25, 0.3) is 6.08 Å². The first-order valence-corrected chi connectivity index (χ1v) is 8.27. The van der Waals surface area contributed by atoms with Gasteiger partial charge in [0.2, 0.25) is 0 Å². The maximum atomic E-state index is 12.0. The predicted octanol–water partition coefficient (Wildman–Crippen LogP) is 2.22. The molecule has 6 nitrogen and oxygen atoms in total. The minimum absolute atomic E-state index is 0.106. The largest absolute Gasteiger partial charge is 0.465 e. The van der Waals surface area contributed by atoms with Crippen LogP contribution in [0.2, 0.25) is 0 Å². The summed E-state index contributed by atoms with van der Waals surface area (Å²) in [5.74, 6) is 1.25. The lowest BCUT2D eigenvalue weighted by Gasteiger charge is -2.32. The van der Waals surface area contributed by atoms with Gasteiger partial charge < -0.3 is 9.73 Å². The zero-order chi connectivity index (χ0) is 16.6. The van der Waals surface area contributed by atoms with Crippen molar-refractivity contribution in [2.24, 2.45) is 5.92 Å². The standard InChI is InChI=1S/C18H22N4O2/c23-18(16-11-19-14-20-12-16)21-10-15-4-1-7-22(13-15)8-2-5-17-6-3-9-24-17/h2-3,5-6,9,11-12,14-15H,1,4,7-8,10,13H2,(H,21,23)/b5-2+/t15-/m1/s1. The number of hydrogen-bond acceptors (Lipinski definition) is 5. The predicted molar refractivity (Wildman–Crippen MR) is 91.3 cm³/mol. The van der Waals surface area contributed by atoms with E-state index in [1.165, 1.54) is 18.7 Å². The number of piperidine rings is 1. The topological polar surface area (TPSA) is 71.3 Å². The van der Waals surface area contributed by atoms with Gasteiger partial charge in [0.1, 0.15) is 12.1 Å². The Morgan fingerprint density at radius 1 is 1.42 bits per heavy atom. The Morgan fingerprint density at radius 3 is 3.08 bits per heavy atom. The number of rotatable bonds is 6. The summed E-state index contributed by atoms with van der Waals surface area (Å²) in [6, 6.07) is 3.83. The molecule has 1 saturated heterocycles. The van der Waals surface area contributed by atoms with Crippen molar-refractivity contribution in [3.8, 4) is 0 Å². The number of amides is 1. The highest BCUT2D eigenvalue weighted by atomic mass is 16.3. The fourth-order valence-corrected chi connectivity index (χ4v) is 2.94. The normalized spacial score (nSPS) is 18.8. The molecular weight excluding hydrogens is 304 g/mol. The average molecular weight is 326 g/mol. The molecule has 1 aliphatic rings. The first-order valence-electron chi connectivity index (χ1n) is 8.27. The van der Waals surface area contributed by atoms with Crippen molar-refractivity contribution in [2.75, 3.05) is 26.2 Å². The third-order valence-corrected chi connectivity index (χ3v) is 4.17. The van der Waals surface area contributed by atoms with Crippen molar-refractivity contribution in [3.63, 3.8) is 0 Å². The summed E-state index contributed by atoms with van der Waals surface area (Å²) >= 11 is 0. The van der Waals surface area contributed by atoms with Gasteiger partial charge in [0.15, 0.2) is 0 Å². The quantitative estimate of drug-likeness (QED) is 0.881. The Balaban J connectivity index is 1.43. The summed E-state index contributed by atoms with van der Waals surface area (Å²) in [5, 5.41) is 2.99. The summed E-state index contributed by atoms with van der Waals surface area (Å²) in [4.78, 5) is 22.2. The molecule has 0 radical (unpaired) electrons. The van der Waals surface area contributed by atoms with Gasteiger partial charge in [-0.2, -0.15) is 0 Å². The van der Waals surface area contributed by atoms with Crippen LogP contribution in [0.3, 0.4) is 0 Å². The fraction of sp³-hybridized carbons (Fsp3) is 0.389. The van der Waals surface area contributed by atoms with Gasteiger partial charge in [-0.05, 0) is 43.5 Å². The van der Waals surface area contributed by atoms with Gasteiger partial charge in [0.05, 0.1) is 11.8 Å². The minimum atomic E-state index is -0.106. The van der Waals surface area contributed by atoms with E-state index in [4.69, 9.17) is 4.42 Å². The number of carbonyl (C=O) groups excluding carboxylic acids is 1. The summed E-state index contributed by atoms with van der Waals surface area (Å²) in [6.45, 7) is 3.68.